The quantitative estimate of drug-likeness (QED) is 0.103. The number of pyridine rings is 1. The van der Waals surface area contributed by atoms with Gasteiger partial charge in [0.1, 0.15) is 17.6 Å². The molecule has 0 saturated heterocycles. The second kappa shape index (κ2) is 15.9. The van der Waals surface area contributed by atoms with Crippen molar-refractivity contribution < 1.29 is 39.2 Å². The molecule has 0 spiro atoms. The van der Waals surface area contributed by atoms with Crippen LogP contribution in [0.4, 0.5) is 0 Å². The first-order valence-electron chi connectivity index (χ1n) is 18.2. The molecule has 0 saturated carbocycles. The second-order valence-corrected chi connectivity index (χ2v) is 15.4. The molecule has 6 rings (SSSR count). The van der Waals surface area contributed by atoms with Crippen molar-refractivity contribution in [1.82, 2.24) is 4.98 Å². The summed E-state index contributed by atoms with van der Waals surface area (Å²) < 4.78 is 12.2. The molecule has 0 bridgehead atoms. The van der Waals surface area contributed by atoms with Crippen molar-refractivity contribution in [3.05, 3.63) is 108 Å². The molecular formula is C45H54IrNO4-. The molecular weight excluding hydrogens is 811 g/mol. The van der Waals surface area contributed by atoms with Gasteiger partial charge in [0.15, 0.2) is 5.78 Å². The molecule has 51 heavy (non-hydrogen) atoms. The normalized spacial score (nSPS) is 17.6. The molecule has 5 nitrogen and oxygen atoms in total. The molecule has 4 aromatic rings. The summed E-state index contributed by atoms with van der Waals surface area (Å²) in [5.74, 6) is 1.48. The van der Waals surface area contributed by atoms with E-state index in [0.717, 1.165) is 59.0 Å². The van der Waals surface area contributed by atoms with Gasteiger partial charge in [-0.3, -0.25) is 9.78 Å². The summed E-state index contributed by atoms with van der Waals surface area (Å²) in [7, 11) is 0. The predicted octanol–water partition coefficient (Wildman–Crippen LogP) is 12.3. The summed E-state index contributed by atoms with van der Waals surface area (Å²) >= 11 is 0. The fourth-order valence-electron chi connectivity index (χ4n) is 6.69. The maximum atomic E-state index is 12.2. The van der Waals surface area contributed by atoms with E-state index in [2.05, 4.69) is 94.5 Å². The van der Waals surface area contributed by atoms with Crippen LogP contribution in [-0.2, 0) is 35.1 Å². The van der Waals surface area contributed by atoms with Crippen LogP contribution in [0.15, 0.2) is 94.9 Å². The number of benzene rings is 2. The maximum Gasteiger partial charge on any atom is 0.219 e. The number of nitrogens with zero attached hydrogens (tertiary/aromatic N) is 1. The Balaban J connectivity index is 0.000000279. The Hall–Kier alpha value is -3.73. The Bertz CT molecular complexity index is 2000. The number of carbonyl (C=O) groups excluding carboxylic acids is 1. The van der Waals surface area contributed by atoms with Crippen LogP contribution < -0.4 is 0 Å². The van der Waals surface area contributed by atoms with Crippen LogP contribution in [0, 0.1) is 22.8 Å². The first-order chi connectivity index (χ1) is 23.7. The Morgan fingerprint density at radius 3 is 2.18 bits per heavy atom. The molecule has 6 heteroatoms. The first kappa shape index (κ1) is 40.0. The molecule has 0 amide bonds. The van der Waals surface area contributed by atoms with Crippen LogP contribution >= 0.6 is 0 Å². The number of fused-ring (bicyclic) bond motifs is 3. The summed E-state index contributed by atoms with van der Waals surface area (Å²) in [5.41, 5.74) is 5.35. The van der Waals surface area contributed by atoms with E-state index in [1.54, 1.807) is 6.26 Å². The Labute approximate surface area is 318 Å². The molecule has 1 N–H and O–H groups in total. The third kappa shape index (κ3) is 8.03. The Kier molecular flexibility index (Phi) is 12.5. The van der Waals surface area contributed by atoms with Crippen LogP contribution in [0.5, 0.6) is 0 Å². The van der Waals surface area contributed by atoms with E-state index in [1.807, 2.05) is 47.6 Å². The van der Waals surface area contributed by atoms with Gasteiger partial charge in [-0.25, -0.2) is 0 Å². The van der Waals surface area contributed by atoms with E-state index in [9.17, 15) is 9.90 Å². The number of aromatic nitrogens is 1. The zero-order valence-electron chi connectivity index (χ0n) is 31.9. The van der Waals surface area contributed by atoms with E-state index >= 15 is 0 Å². The fraction of sp³-hybridized carbons (Fsp3) is 0.422. The molecule has 1 aliphatic heterocycles. The molecule has 273 valence electrons. The summed E-state index contributed by atoms with van der Waals surface area (Å²) in [6, 6.07) is 18.4. The van der Waals surface area contributed by atoms with Gasteiger partial charge in [-0.15, -0.1) is 29.1 Å². The standard InChI is InChI=1S/C30H26NO2.C15H28O2.Ir/c1-18-21-10-7-8-12-27(21)33-28(18)24-17-26(31-29-23(24)13-14-32-29)20-15-19-9-5-6-11-22(19)25(16-20)30(2,3)4;1-7-14(5,8-2)12(16)11-13(17)15(6,9-3)10-4;/h5-14,16-17,21,27H,1-4H3;11,16H,7-10H2,1-6H3;/q-1;;/b;12-11-;. The van der Waals surface area contributed by atoms with Gasteiger partial charge in [-0.05, 0) is 55.7 Å². The molecule has 1 radical (unpaired) electrons. The number of ketones is 1. The molecule has 2 unspecified atom stereocenters. The summed E-state index contributed by atoms with van der Waals surface area (Å²) in [6.07, 6.45) is 15.0. The zero-order chi connectivity index (χ0) is 36.4. The van der Waals surface area contributed by atoms with Crippen molar-refractivity contribution in [2.45, 2.75) is 106 Å². The van der Waals surface area contributed by atoms with Gasteiger partial charge in [-0.1, -0.05) is 116 Å². The largest absolute Gasteiger partial charge is 0.512 e. The second-order valence-electron chi connectivity index (χ2n) is 15.4. The first-order valence-corrected chi connectivity index (χ1v) is 18.2. The third-order valence-corrected chi connectivity index (χ3v) is 11.3. The third-order valence-electron chi connectivity index (χ3n) is 11.3. The average molecular weight is 865 g/mol. The van der Waals surface area contributed by atoms with Crippen molar-refractivity contribution >= 4 is 33.4 Å². The Morgan fingerprint density at radius 1 is 0.902 bits per heavy atom. The van der Waals surface area contributed by atoms with Crippen LogP contribution in [0.25, 0.3) is 38.9 Å². The average Bonchev–Trinajstić information content (AvgIpc) is 3.74. The van der Waals surface area contributed by atoms with E-state index in [1.165, 1.54) is 22.6 Å². The molecule has 2 aliphatic rings. The molecule has 2 aromatic carbocycles. The number of hydrogen-bond acceptors (Lipinski definition) is 5. The summed E-state index contributed by atoms with van der Waals surface area (Å²) in [4.78, 5) is 17.1. The number of allylic oxidation sites excluding steroid dienone is 4. The van der Waals surface area contributed by atoms with Gasteiger partial charge in [-0.2, -0.15) is 0 Å². The molecule has 2 aromatic heterocycles. The Morgan fingerprint density at radius 2 is 1.55 bits per heavy atom. The van der Waals surface area contributed by atoms with Crippen molar-refractivity contribution in [2.75, 3.05) is 0 Å². The van der Waals surface area contributed by atoms with Gasteiger partial charge in [0.2, 0.25) is 5.71 Å². The van der Waals surface area contributed by atoms with Gasteiger partial charge in [0.05, 0.1) is 6.26 Å². The minimum Gasteiger partial charge on any atom is -0.512 e. The van der Waals surface area contributed by atoms with Crippen molar-refractivity contribution in [1.29, 1.82) is 0 Å². The van der Waals surface area contributed by atoms with Crippen LogP contribution in [-0.4, -0.2) is 22.0 Å². The topological polar surface area (TPSA) is 72.6 Å². The van der Waals surface area contributed by atoms with Crippen molar-refractivity contribution in [3.63, 3.8) is 0 Å². The zero-order valence-corrected chi connectivity index (χ0v) is 34.3. The minimum atomic E-state index is -0.337. The molecule has 2 atom stereocenters. The van der Waals surface area contributed by atoms with E-state index in [0.29, 0.717) is 5.71 Å². The monoisotopic (exact) mass is 865 g/mol. The SMILES string of the molecule is CC1=C(c2cc(-c3[c-]c4ccccc4c(C(C)(C)C)c3)nc3occc23)OC2C=CC=CC12.CCC(C)(CC)C(=O)/C=C(\O)C(C)(CC)CC.[Ir]. The number of rotatable bonds is 9. The van der Waals surface area contributed by atoms with Crippen LogP contribution in [0.2, 0.25) is 0 Å². The van der Waals surface area contributed by atoms with Gasteiger partial charge in [0, 0.05) is 59.6 Å². The van der Waals surface area contributed by atoms with Crippen LogP contribution in [0.3, 0.4) is 0 Å². The number of carbonyl (C=O) groups is 1. The van der Waals surface area contributed by atoms with Gasteiger partial charge in [0.25, 0.3) is 0 Å². The number of aliphatic hydroxyl groups is 1. The fourth-order valence-corrected chi connectivity index (χ4v) is 6.69. The van der Waals surface area contributed by atoms with Gasteiger partial charge < -0.3 is 14.3 Å². The van der Waals surface area contributed by atoms with Crippen molar-refractivity contribution in [3.8, 4) is 11.3 Å². The number of hydrogen-bond donors (Lipinski definition) is 1. The molecule has 3 heterocycles. The number of ether oxygens (including phenoxy) is 1. The number of furan rings is 1. The predicted molar refractivity (Wildman–Crippen MR) is 207 cm³/mol. The minimum absolute atomic E-state index is 0. The summed E-state index contributed by atoms with van der Waals surface area (Å²) in [5, 5.41) is 13.4. The van der Waals surface area contributed by atoms with Gasteiger partial charge >= 0.3 is 0 Å². The van der Waals surface area contributed by atoms with Crippen LogP contribution in [0.1, 0.15) is 106 Å². The molecule has 0 fully saturated rings. The molecule has 1 aliphatic carbocycles. The van der Waals surface area contributed by atoms with Crippen molar-refractivity contribution in [2.24, 2.45) is 16.7 Å². The van der Waals surface area contributed by atoms with E-state index < -0.39 is 0 Å². The number of aliphatic hydroxyl groups excluding tert-OH is 1. The van der Waals surface area contributed by atoms with E-state index in [-0.39, 0.29) is 59.9 Å². The smallest absolute Gasteiger partial charge is 0.219 e. The summed E-state index contributed by atoms with van der Waals surface area (Å²) in [6.45, 7) is 21.0. The van der Waals surface area contributed by atoms with E-state index in [4.69, 9.17) is 14.1 Å². The maximum absolute atomic E-state index is 12.2.